The van der Waals surface area contributed by atoms with Gasteiger partial charge in [0.05, 0.1) is 17.5 Å². The van der Waals surface area contributed by atoms with Gasteiger partial charge in [-0.1, -0.05) is 61.9 Å². The highest BCUT2D eigenvalue weighted by Crippen LogP contribution is 2.21. The van der Waals surface area contributed by atoms with Crippen molar-refractivity contribution in [1.29, 1.82) is 0 Å². The average molecular weight is 601 g/mol. The van der Waals surface area contributed by atoms with E-state index in [1.165, 1.54) is 0 Å². The number of amides is 2. The zero-order valence-electron chi connectivity index (χ0n) is 24.0. The minimum atomic E-state index is -0.979. The highest BCUT2D eigenvalue weighted by atomic mass is 32.1. The second-order valence-corrected chi connectivity index (χ2v) is 11.3. The van der Waals surface area contributed by atoms with E-state index in [0.29, 0.717) is 25.0 Å². The quantitative estimate of drug-likeness (QED) is 0.0833. The van der Waals surface area contributed by atoms with Gasteiger partial charge in [0.15, 0.2) is 0 Å². The Morgan fingerprint density at radius 3 is 2.44 bits per heavy atom. The van der Waals surface area contributed by atoms with Gasteiger partial charge < -0.3 is 15.0 Å². The van der Waals surface area contributed by atoms with Gasteiger partial charge in [-0.2, -0.15) is 0 Å². The zero-order chi connectivity index (χ0) is 30.6. The summed E-state index contributed by atoms with van der Waals surface area (Å²) >= 11 is 1.55. The second-order valence-electron chi connectivity index (χ2n) is 10.3. The standard InChI is InChI=1S/C33H36N4O5S/c1-2-3-11-30-34-21-28(37(30)22-24-12-14-25(15-13-24)33(40)41)18-26(19-29-10-7-16-43-29)32(39)35-27(20-31(38)36-42)17-23-8-5-4-6-9-23/h4-10,12-16,18,21,27,42H,2-3,11,17,19-20,22H2,1H3,(H,35,39)(H,36,38)(H,40,41)/t27-/m1/s1. The Bertz CT molecular complexity index is 1530. The minimum Gasteiger partial charge on any atom is -0.478 e. The van der Waals surface area contributed by atoms with Gasteiger partial charge in [-0.3, -0.25) is 14.8 Å². The summed E-state index contributed by atoms with van der Waals surface area (Å²) in [6.45, 7) is 2.58. The lowest BCUT2D eigenvalue weighted by molar-refractivity contribution is -0.130. The fourth-order valence-electron chi connectivity index (χ4n) is 4.79. The van der Waals surface area contributed by atoms with Crippen molar-refractivity contribution in [3.63, 3.8) is 0 Å². The first-order valence-corrected chi connectivity index (χ1v) is 15.1. The summed E-state index contributed by atoms with van der Waals surface area (Å²) in [7, 11) is 0. The van der Waals surface area contributed by atoms with Gasteiger partial charge in [0, 0.05) is 42.3 Å². The van der Waals surface area contributed by atoms with E-state index in [2.05, 4.69) is 21.8 Å². The molecule has 43 heavy (non-hydrogen) atoms. The number of hydrogen-bond donors (Lipinski definition) is 4. The number of hydrogen-bond acceptors (Lipinski definition) is 6. The first-order chi connectivity index (χ1) is 20.9. The monoisotopic (exact) mass is 600 g/mol. The van der Waals surface area contributed by atoms with Crippen molar-refractivity contribution in [3.05, 3.63) is 117 Å². The molecule has 0 fully saturated rings. The van der Waals surface area contributed by atoms with E-state index >= 15 is 0 Å². The topological polar surface area (TPSA) is 134 Å². The van der Waals surface area contributed by atoms with Crippen LogP contribution in [0.3, 0.4) is 0 Å². The molecule has 4 aromatic rings. The van der Waals surface area contributed by atoms with Gasteiger partial charge in [0.1, 0.15) is 5.82 Å². The molecule has 0 aliphatic rings. The lowest BCUT2D eigenvalue weighted by Gasteiger charge is -2.19. The van der Waals surface area contributed by atoms with Crippen LogP contribution >= 0.6 is 11.3 Å². The van der Waals surface area contributed by atoms with Crippen molar-refractivity contribution in [2.45, 2.75) is 58.0 Å². The molecule has 4 rings (SSSR count). The molecule has 9 nitrogen and oxygen atoms in total. The van der Waals surface area contributed by atoms with Crippen LogP contribution in [0.4, 0.5) is 0 Å². The van der Waals surface area contributed by atoms with E-state index in [1.807, 2.05) is 53.9 Å². The number of carbonyl (C=O) groups is 3. The highest BCUT2D eigenvalue weighted by Gasteiger charge is 2.21. The number of aromatic nitrogens is 2. The van der Waals surface area contributed by atoms with Crippen LogP contribution in [0.2, 0.25) is 0 Å². The van der Waals surface area contributed by atoms with E-state index in [4.69, 9.17) is 5.21 Å². The number of benzene rings is 2. The summed E-state index contributed by atoms with van der Waals surface area (Å²) in [6, 6.07) is 19.7. The van der Waals surface area contributed by atoms with Crippen LogP contribution in [-0.2, 0) is 35.4 Å². The summed E-state index contributed by atoms with van der Waals surface area (Å²) in [6.07, 6.45) is 7.03. The lowest BCUT2D eigenvalue weighted by Crippen LogP contribution is -2.41. The van der Waals surface area contributed by atoms with Gasteiger partial charge >= 0.3 is 5.97 Å². The first-order valence-electron chi connectivity index (χ1n) is 14.2. The van der Waals surface area contributed by atoms with Crippen LogP contribution in [0.25, 0.3) is 6.08 Å². The van der Waals surface area contributed by atoms with Crippen molar-refractivity contribution in [3.8, 4) is 0 Å². The van der Waals surface area contributed by atoms with Crippen LogP contribution in [0.1, 0.15) is 64.1 Å². The Balaban J connectivity index is 1.67. The first kappa shape index (κ1) is 31.4. The number of rotatable bonds is 15. The number of aromatic carboxylic acids is 1. The molecule has 0 aliphatic heterocycles. The fourth-order valence-corrected chi connectivity index (χ4v) is 5.52. The maximum absolute atomic E-state index is 13.8. The molecule has 0 radical (unpaired) electrons. The van der Waals surface area contributed by atoms with E-state index in [-0.39, 0.29) is 17.9 Å². The van der Waals surface area contributed by atoms with Crippen LogP contribution < -0.4 is 10.8 Å². The predicted molar refractivity (Wildman–Crippen MR) is 166 cm³/mol. The highest BCUT2D eigenvalue weighted by molar-refractivity contribution is 7.09. The molecule has 0 unspecified atom stereocenters. The molecule has 0 saturated carbocycles. The molecule has 0 bridgehead atoms. The smallest absolute Gasteiger partial charge is 0.335 e. The fraction of sp³-hybridized carbons (Fsp3) is 0.273. The molecular weight excluding hydrogens is 564 g/mol. The summed E-state index contributed by atoms with van der Waals surface area (Å²) in [5, 5.41) is 23.4. The van der Waals surface area contributed by atoms with Crippen molar-refractivity contribution in [1.82, 2.24) is 20.3 Å². The van der Waals surface area contributed by atoms with E-state index < -0.39 is 17.9 Å². The Morgan fingerprint density at radius 1 is 1.02 bits per heavy atom. The van der Waals surface area contributed by atoms with Gasteiger partial charge in [-0.25, -0.2) is 15.3 Å². The SMILES string of the molecule is CCCCc1ncc(C=C(Cc2cccs2)C(=O)N[C@@H](CC(=O)NO)Cc2ccccc2)n1Cc1ccc(C(=O)O)cc1. The van der Waals surface area contributed by atoms with Crippen LogP contribution in [0.15, 0.2) is 83.9 Å². The van der Waals surface area contributed by atoms with Gasteiger partial charge in [0.25, 0.3) is 0 Å². The third-order valence-electron chi connectivity index (χ3n) is 7.04. The number of carboxylic acid groups (broad SMARTS) is 1. The Hall–Kier alpha value is -4.54. The molecule has 0 aliphatic carbocycles. The number of hydroxylamine groups is 1. The van der Waals surface area contributed by atoms with Crippen LogP contribution in [-0.4, -0.2) is 43.7 Å². The molecule has 1 atom stereocenters. The van der Waals surface area contributed by atoms with E-state index in [0.717, 1.165) is 46.8 Å². The molecule has 2 aromatic carbocycles. The summed E-state index contributed by atoms with van der Waals surface area (Å²) in [5.74, 6) is -0.994. The zero-order valence-corrected chi connectivity index (χ0v) is 24.8. The number of carbonyl (C=O) groups excluding carboxylic acids is 2. The van der Waals surface area contributed by atoms with E-state index in [1.54, 1.807) is 47.3 Å². The van der Waals surface area contributed by atoms with Crippen molar-refractivity contribution in [2.75, 3.05) is 0 Å². The normalized spacial score (nSPS) is 12.1. The third kappa shape index (κ3) is 9.22. The van der Waals surface area contributed by atoms with E-state index in [9.17, 15) is 19.5 Å². The molecule has 10 heteroatoms. The average Bonchev–Trinajstić information content (AvgIpc) is 3.66. The summed E-state index contributed by atoms with van der Waals surface area (Å²) in [5.41, 5.74) is 5.02. The molecule has 0 spiro atoms. The molecule has 2 heterocycles. The lowest BCUT2D eigenvalue weighted by atomic mass is 10.0. The second kappa shape index (κ2) is 15.6. The minimum absolute atomic E-state index is 0.0884. The van der Waals surface area contributed by atoms with Gasteiger partial charge in [-0.05, 0) is 53.6 Å². The summed E-state index contributed by atoms with van der Waals surface area (Å²) < 4.78 is 2.06. The number of imidazole rings is 1. The van der Waals surface area contributed by atoms with Crippen LogP contribution in [0, 0.1) is 0 Å². The van der Waals surface area contributed by atoms with Crippen molar-refractivity contribution < 1.29 is 24.7 Å². The Morgan fingerprint density at radius 2 is 1.79 bits per heavy atom. The van der Waals surface area contributed by atoms with Crippen LogP contribution in [0.5, 0.6) is 0 Å². The maximum Gasteiger partial charge on any atom is 0.335 e. The largest absolute Gasteiger partial charge is 0.478 e. The molecule has 4 N–H and O–H groups in total. The Kier molecular flexibility index (Phi) is 11.4. The Labute approximate surface area is 254 Å². The number of nitrogens with zero attached hydrogens (tertiary/aromatic N) is 2. The number of thiophene rings is 1. The molecule has 224 valence electrons. The molecule has 2 aromatic heterocycles. The number of nitrogens with one attached hydrogen (secondary N) is 2. The maximum atomic E-state index is 13.8. The number of aryl methyl sites for hydroxylation is 1. The molecular formula is C33H36N4O5S. The van der Waals surface area contributed by atoms with Crippen molar-refractivity contribution >= 4 is 35.2 Å². The van der Waals surface area contributed by atoms with Gasteiger partial charge in [0.2, 0.25) is 11.8 Å². The van der Waals surface area contributed by atoms with Gasteiger partial charge in [-0.15, -0.1) is 11.3 Å². The summed E-state index contributed by atoms with van der Waals surface area (Å²) in [4.78, 5) is 43.0. The number of unbranched alkanes of at least 4 members (excludes halogenated alkanes) is 1. The number of carboxylic acids is 1. The molecule has 0 saturated heterocycles. The third-order valence-corrected chi connectivity index (χ3v) is 7.92. The molecule has 2 amide bonds. The van der Waals surface area contributed by atoms with Crippen molar-refractivity contribution in [2.24, 2.45) is 0 Å². The predicted octanol–water partition coefficient (Wildman–Crippen LogP) is 5.28.